The van der Waals surface area contributed by atoms with Crippen molar-refractivity contribution in [2.45, 2.75) is 19.9 Å². The van der Waals surface area contributed by atoms with E-state index in [9.17, 15) is 4.79 Å². The van der Waals surface area contributed by atoms with E-state index in [-0.39, 0.29) is 5.92 Å². The van der Waals surface area contributed by atoms with Gasteiger partial charge in [0.2, 0.25) is 11.9 Å². The van der Waals surface area contributed by atoms with E-state index in [1.54, 1.807) is 18.5 Å². The molecule has 0 aromatic carbocycles. The number of nitrogens with one attached hydrogen (secondary N) is 1. The molecule has 0 spiro atoms. The van der Waals surface area contributed by atoms with Gasteiger partial charge in [-0.1, -0.05) is 13.8 Å². The molecular weight excluding hydrogens is 180 g/mol. The minimum atomic E-state index is -0.433. The van der Waals surface area contributed by atoms with Crippen molar-refractivity contribution in [3.05, 3.63) is 18.5 Å². The average Bonchev–Trinajstić information content (AvgIpc) is 2.15. The maximum atomic E-state index is 11.0. The van der Waals surface area contributed by atoms with Crippen LogP contribution in [0.3, 0.4) is 0 Å². The molecule has 0 bridgehead atoms. The van der Waals surface area contributed by atoms with Gasteiger partial charge in [0.05, 0.1) is 0 Å². The Morgan fingerprint density at radius 3 is 2.43 bits per heavy atom. The minimum Gasteiger partial charge on any atom is -0.368 e. The highest BCUT2D eigenvalue weighted by molar-refractivity contribution is 5.82. The predicted molar refractivity (Wildman–Crippen MR) is 53.5 cm³/mol. The van der Waals surface area contributed by atoms with Crippen LogP contribution in [0.2, 0.25) is 0 Å². The van der Waals surface area contributed by atoms with E-state index >= 15 is 0 Å². The van der Waals surface area contributed by atoms with E-state index in [4.69, 9.17) is 5.73 Å². The number of rotatable bonds is 4. The van der Waals surface area contributed by atoms with E-state index in [1.165, 1.54) is 0 Å². The topological polar surface area (TPSA) is 80.9 Å². The van der Waals surface area contributed by atoms with E-state index in [1.807, 2.05) is 13.8 Å². The van der Waals surface area contributed by atoms with Crippen LogP contribution in [0.1, 0.15) is 13.8 Å². The molecule has 0 saturated carbocycles. The molecule has 0 radical (unpaired) electrons. The second-order valence-corrected chi connectivity index (χ2v) is 3.34. The first-order valence-electron chi connectivity index (χ1n) is 4.44. The summed E-state index contributed by atoms with van der Waals surface area (Å²) in [6, 6.07) is 1.28. The van der Waals surface area contributed by atoms with Gasteiger partial charge in [-0.15, -0.1) is 0 Å². The Morgan fingerprint density at radius 2 is 2.00 bits per heavy atom. The third kappa shape index (κ3) is 2.69. The summed E-state index contributed by atoms with van der Waals surface area (Å²) in [6.45, 7) is 3.82. The summed E-state index contributed by atoms with van der Waals surface area (Å²) in [7, 11) is 0. The zero-order valence-electron chi connectivity index (χ0n) is 8.27. The summed E-state index contributed by atoms with van der Waals surface area (Å²) in [5.74, 6) is 0.133. The molecule has 1 rings (SSSR count). The monoisotopic (exact) mass is 194 g/mol. The quantitative estimate of drug-likeness (QED) is 0.727. The van der Waals surface area contributed by atoms with Crippen LogP contribution in [-0.2, 0) is 4.79 Å². The fraction of sp³-hybridized carbons (Fsp3) is 0.444. The summed E-state index contributed by atoms with van der Waals surface area (Å²) < 4.78 is 0. The zero-order valence-corrected chi connectivity index (χ0v) is 8.27. The molecule has 0 aliphatic heterocycles. The van der Waals surface area contributed by atoms with Gasteiger partial charge >= 0.3 is 0 Å². The van der Waals surface area contributed by atoms with Gasteiger partial charge in [-0.25, -0.2) is 9.97 Å². The van der Waals surface area contributed by atoms with Crippen LogP contribution in [0, 0.1) is 5.92 Å². The van der Waals surface area contributed by atoms with Gasteiger partial charge in [-0.2, -0.15) is 0 Å². The molecular formula is C9H14N4O. The maximum Gasteiger partial charge on any atom is 0.240 e. The Hall–Kier alpha value is -1.65. The fourth-order valence-corrected chi connectivity index (χ4v) is 1.08. The second kappa shape index (κ2) is 4.55. The number of nitrogens with two attached hydrogens (primary N) is 1. The Bertz CT molecular complexity index is 299. The van der Waals surface area contributed by atoms with Gasteiger partial charge in [0, 0.05) is 12.4 Å². The van der Waals surface area contributed by atoms with Gasteiger partial charge in [-0.05, 0) is 12.0 Å². The van der Waals surface area contributed by atoms with Crippen LogP contribution in [0.5, 0.6) is 0 Å². The van der Waals surface area contributed by atoms with E-state index < -0.39 is 11.9 Å². The van der Waals surface area contributed by atoms with Gasteiger partial charge in [-0.3, -0.25) is 4.79 Å². The van der Waals surface area contributed by atoms with Gasteiger partial charge in [0.25, 0.3) is 0 Å². The van der Waals surface area contributed by atoms with Crippen molar-refractivity contribution in [2.75, 3.05) is 5.32 Å². The second-order valence-electron chi connectivity index (χ2n) is 3.34. The normalized spacial score (nSPS) is 12.5. The number of amides is 1. The SMILES string of the molecule is CC(C)[C@@H](Nc1ncccn1)C(N)=O. The molecule has 76 valence electrons. The number of hydrogen-bond donors (Lipinski definition) is 2. The highest BCUT2D eigenvalue weighted by Crippen LogP contribution is 2.06. The fourth-order valence-electron chi connectivity index (χ4n) is 1.08. The van der Waals surface area contributed by atoms with Crippen molar-refractivity contribution in [3.63, 3.8) is 0 Å². The summed E-state index contributed by atoms with van der Waals surface area (Å²) in [5, 5.41) is 2.88. The molecule has 0 aliphatic carbocycles. The lowest BCUT2D eigenvalue weighted by atomic mass is 10.0. The van der Waals surface area contributed by atoms with Crippen molar-refractivity contribution < 1.29 is 4.79 Å². The Kier molecular flexibility index (Phi) is 3.39. The molecule has 0 aliphatic rings. The van der Waals surface area contributed by atoms with Crippen molar-refractivity contribution >= 4 is 11.9 Å². The first-order valence-corrected chi connectivity index (χ1v) is 4.44. The largest absolute Gasteiger partial charge is 0.368 e. The number of hydrogen-bond acceptors (Lipinski definition) is 4. The van der Waals surface area contributed by atoms with Gasteiger partial charge in [0.1, 0.15) is 6.04 Å². The van der Waals surface area contributed by atoms with Crippen LogP contribution in [-0.4, -0.2) is 21.9 Å². The summed E-state index contributed by atoms with van der Waals surface area (Å²) in [6.07, 6.45) is 3.21. The summed E-state index contributed by atoms with van der Waals surface area (Å²) >= 11 is 0. The first kappa shape index (κ1) is 10.4. The number of carbonyl (C=O) groups is 1. The van der Waals surface area contributed by atoms with Crippen molar-refractivity contribution in [1.82, 2.24) is 9.97 Å². The highest BCUT2D eigenvalue weighted by Gasteiger charge is 2.19. The molecule has 1 atom stereocenters. The predicted octanol–water partition coefficient (Wildman–Crippen LogP) is 0.398. The van der Waals surface area contributed by atoms with Crippen LogP contribution in [0.25, 0.3) is 0 Å². The molecule has 3 N–H and O–H groups in total. The van der Waals surface area contributed by atoms with Crippen molar-refractivity contribution in [2.24, 2.45) is 11.7 Å². The zero-order chi connectivity index (χ0) is 10.6. The summed E-state index contributed by atoms with van der Waals surface area (Å²) in [4.78, 5) is 19.0. The van der Waals surface area contributed by atoms with E-state index in [0.29, 0.717) is 5.95 Å². The molecule has 1 heterocycles. The molecule has 1 aromatic heterocycles. The molecule has 14 heavy (non-hydrogen) atoms. The molecule has 5 heteroatoms. The maximum absolute atomic E-state index is 11.0. The minimum absolute atomic E-state index is 0.108. The smallest absolute Gasteiger partial charge is 0.240 e. The average molecular weight is 194 g/mol. The number of nitrogens with zero attached hydrogens (tertiary/aromatic N) is 2. The molecule has 5 nitrogen and oxygen atoms in total. The Balaban J connectivity index is 2.70. The van der Waals surface area contributed by atoms with Gasteiger partial charge in [0.15, 0.2) is 0 Å². The van der Waals surface area contributed by atoms with Crippen LogP contribution in [0.4, 0.5) is 5.95 Å². The highest BCUT2D eigenvalue weighted by atomic mass is 16.1. The Labute approximate surface area is 82.7 Å². The third-order valence-corrected chi connectivity index (χ3v) is 1.82. The lowest BCUT2D eigenvalue weighted by molar-refractivity contribution is -0.119. The summed E-state index contributed by atoms with van der Waals surface area (Å²) in [5.41, 5.74) is 5.23. The third-order valence-electron chi connectivity index (χ3n) is 1.82. The number of primary amides is 1. The lowest BCUT2D eigenvalue weighted by Gasteiger charge is -2.18. The number of aromatic nitrogens is 2. The molecule has 0 saturated heterocycles. The van der Waals surface area contributed by atoms with Crippen molar-refractivity contribution in [1.29, 1.82) is 0 Å². The lowest BCUT2D eigenvalue weighted by Crippen LogP contribution is -2.40. The van der Waals surface area contributed by atoms with E-state index in [2.05, 4.69) is 15.3 Å². The van der Waals surface area contributed by atoms with Crippen LogP contribution >= 0.6 is 0 Å². The molecule has 0 unspecified atom stereocenters. The van der Waals surface area contributed by atoms with Crippen molar-refractivity contribution in [3.8, 4) is 0 Å². The molecule has 1 amide bonds. The number of anilines is 1. The molecule has 0 fully saturated rings. The first-order chi connectivity index (χ1) is 6.61. The van der Waals surface area contributed by atoms with E-state index in [0.717, 1.165) is 0 Å². The van der Waals surface area contributed by atoms with Gasteiger partial charge < -0.3 is 11.1 Å². The van der Waals surface area contributed by atoms with Crippen LogP contribution < -0.4 is 11.1 Å². The molecule has 1 aromatic rings. The Morgan fingerprint density at radius 1 is 1.43 bits per heavy atom. The standard InChI is InChI=1S/C9H14N4O/c1-6(2)7(8(10)14)13-9-11-4-3-5-12-9/h3-7H,1-2H3,(H2,10,14)(H,11,12,13)/t7-/m1/s1. The number of carbonyl (C=O) groups excluding carboxylic acids is 1. The van der Waals surface area contributed by atoms with Crippen LogP contribution in [0.15, 0.2) is 18.5 Å².